The van der Waals surface area contributed by atoms with Gasteiger partial charge in [0.05, 0.1) is 64.7 Å². The summed E-state index contributed by atoms with van der Waals surface area (Å²) in [6, 6.07) is 41.1. The van der Waals surface area contributed by atoms with Crippen LogP contribution in [0.3, 0.4) is 0 Å². The highest BCUT2D eigenvalue weighted by atomic mass is 32.2. The fourth-order valence-electron chi connectivity index (χ4n) is 15.4. The van der Waals surface area contributed by atoms with Crippen molar-refractivity contribution in [1.29, 1.82) is 0 Å². The summed E-state index contributed by atoms with van der Waals surface area (Å²) < 4.78 is 72.5. The number of sulfonamides is 1. The van der Waals surface area contributed by atoms with Gasteiger partial charge in [-0.05, 0) is 181 Å². The molecule has 2 amide bonds. The van der Waals surface area contributed by atoms with Crippen LogP contribution in [0, 0.1) is 26.7 Å². The van der Waals surface area contributed by atoms with Crippen molar-refractivity contribution < 1.29 is 65.5 Å². The van der Waals surface area contributed by atoms with Crippen LogP contribution < -0.4 is 43.8 Å². The van der Waals surface area contributed by atoms with E-state index in [1.165, 1.54) is 91.2 Å². The van der Waals surface area contributed by atoms with Crippen molar-refractivity contribution in [3.63, 3.8) is 0 Å². The molecule has 30 nitrogen and oxygen atoms in total. The van der Waals surface area contributed by atoms with E-state index in [4.69, 9.17) is 73.4 Å². The third-order valence-corrected chi connectivity index (χ3v) is 22.5. The molecule has 0 saturated heterocycles. The molecule has 2 unspecified atom stereocenters. The van der Waals surface area contributed by atoms with Gasteiger partial charge < -0.3 is 53.0 Å². The Morgan fingerprint density at radius 1 is 0.626 bits per heavy atom. The number of hydrogen-bond acceptors (Lipinski definition) is 25. The molecule has 3 aliphatic rings. The van der Waals surface area contributed by atoms with Gasteiger partial charge in [0.1, 0.15) is 29.7 Å². The number of nitrogens with one attached hydrogen (secondary N) is 2. The highest BCUT2D eigenvalue weighted by Crippen LogP contribution is 2.47. The van der Waals surface area contributed by atoms with Gasteiger partial charge in [-0.3, -0.25) is 19.5 Å². The molecule has 5 heterocycles. The minimum atomic E-state index is -3.29. The van der Waals surface area contributed by atoms with Gasteiger partial charge in [-0.1, -0.05) is 133 Å². The summed E-state index contributed by atoms with van der Waals surface area (Å²) in [5.74, 6) is 2.46. The molecule has 0 aliphatic carbocycles. The summed E-state index contributed by atoms with van der Waals surface area (Å²) in [6.45, 7) is 28.0. The number of anilines is 5. The number of ether oxygens (including phenoxy) is 8. The smallest absolute Gasteiger partial charge is 0.497 e. The molecule has 31 heteroatoms. The summed E-state index contributed by atoms with van der Waals surface area (Å²) in [4.78, 5) is 75.7. The van der Waals surface area contributed by atoms with E-state index >= 15 is 4.79 Å². The van der Waals surface area contributed by atoms with E-state index in [9.17, 15) is 22.8 Å². The Kier molecular flexibility index (Phi) is 34.4. The first-order valence-electron chi connectivity index (χ1n) is 43.1. The summed E-state index contributed by atoms with van der Waals surface area (Å²) in [7, 11) is -0.129. The minimum absolute atomic E-state index is 0.0153. The molecule has 123 heavy (non-hydrogen) atoms. The second kappa shape index (κ2) is 45.1. The summed E-state index contributed by atoms with van der Waals surface area (Å²) >= 11 is 0. The Bertz CT molecular complexity index is 4950. The summed E-state index contributed by atoms with van der Waals surface area (Å²) in [5.41, 5.74) is 6.04. The van der Waals surface area contributed by atoms with Gasteiger partial charge in [0.2, 0.25) is 33.2 Å². The number of hydrazone groups is 1. The predicted octanol–water partition coefficient (Wildman–Crippen LogP) is 16.8. The van der Waals surface area contributed by atoms with E-state index in [0.29, 0.717) is 96.2 Å². The second-order valence-electron chi connectivity index (χ2n) is 31.0. The number of amides is 2. The largest absolute Gasteiger partial charge is 0.511 e. The molecule has 8 aromatic rings. The van der Waals surface area contributed by atoms with E-state index in [2.05, 4.69) is 53.6 Å². The van der Waals surface area contributed by atoms with Crippen LogP contribution in [-0.2, 0) is 61.1 Å². The van der Waals surface area contributed by atoms with Crippen LogP contribution in [0.15, 0.2) is 149 Å². The van der Waals surface area contributed by atoms with Gasteiger partial charge in [-0.2, -0.15) is 15.3 Å². The third kappa shape index (κ3) is 23.9. The van der Waals surface area contributed by atoms with Crippen LogP contribution in [0.25, 0.3) is 11.4 Å². The van der Waals surface area contributed by atoms with Crippen LogP contribution in [0.5, 0.6) is 17.2 Å². The van der Waals surface area contributed by atoms with Crippen molar-refractivity contribution in [2.75, 3.05) is 118 Å². The molecule has 2 aromatic heterocycles. The molecule has 6 aromatic carbocycles. The molecule has 3 aliphatic heterocycles. The van der Waals surface area contributed by atoms with Crippen molar-refractivity contribution in [2.24, 2.45) is 21.2 Å². The molecule has 662 valence electrons. The monoisotopic (exact) mass is 1710 g/mol. The zero-order valence-corrected chi connectivity index (χ0v) is 75.0. The highest BCUT2D eigenvalue weighted by molar-refractivity contribution is 7.88. The molecule has 0 bridgehead atoms. The summed E-state index contributed by atoms with van der Waals surface area (Å²) in [5, 5.41) is 29.0. The average molecular weight is 1710 g/mol. The van der Waals surface area contributed by atoms with Gasteiger partial charge in [0.15, 0.2) is 17.8 Å². The molecule has 0 fully saturated rings. The molecule has 0 spiro atoms. The van der Waals surface area contributed by atoms with Gasteiger partial charge in [-0.15, -0.1) is 19.8 Å². The number of unbranched alkanes of at least 4 members (excludes halogenated alkanes) is 11. The first-order chi connectivity index (χ1) is 59.3. The molecular formula is C92H124N16O14S. The van der Waals surface area contributed by atoms with Crippen LogP contribution in [0.1, 0.15) is 204 Å². The Hall–Kier alpha value is -11.4. The number of carbonyl (C=O) groups is 4. The van der Waals surface area contributed by atoms with E-state index in [1.807, 2.05) is 144 Å². The van der Waals surface area contributed by atoms with Crippen LogP contribution >= 0.6 is 0 Å². The first-order valence-corrected chi connectivity index (χ1v) is 45.0. The fraction of sp³-hybridized carbons (Fsp3) is 0.489. The number of aryl methyl sites for hydroxylation is 3. The zero-order valence-electron chi connectivity index (χ0n) is 74.2. The van der Waals surface area contributed by atoms with Gasteiger partial charge in [0, 0.05) is 99.5 Å². The maximum atomic E-state index is 15.7. The Morgan fingerprint density at radius 2 is 1.24 bits per heavy atom. The van der Waals surface area contributed by atoms with E-state index in [0.717, 1.165) is 72.5 Å². The van der Waals surface area contributed by atoms with Crippen molar-refractivity contribution in [3.8, 4) is 28.6 Å². The minimum Gasteiger partial charge on any atom is -0.497 e. The van der Waals surface area contributed by atoms with Crippen LogP contribution in [0.2, 0.25) is 0 Å². The number of fused-ring (bicyclic) bond motifs is 2. The number of hydrogen-bond donors (Lipinski definition) is 2. The van der Waals surface area contributed by atoms with Gasteiger partial charge >= 0.3 is 23.9 Å². The molecule has 0 radical (unpaired) electrons. The van der Waals surface area contributed by atoms with E-state index in [-0.39, 0.29) is 62.1 Å². The first kappa shape index (κ1) is 93.8. The molecule has 0 saturated carbocycles. The third-order valence-electron chi connectivity index (χ3n) is 21.7. The quantitative estimate of drug-likeness (QED) is 0.0155. The molecule has 11 rings (SSSR count). The molecule has 2 atom stereocenters. The summed E-state index contributed by atoms with van der Waals surface area (Å²) in [6.07, 6.45) is 16.4. The normalized spacial score (nSPS) is 15.0. The van der Waals surface area contributed by atoms with E-state index < -0.39 is 45.7 Å². The second-order valence-corrected chi connectivity index (χ2v) is 32.8. The lowest BCUT2D eigenvalue weighted by molar-refractivity contribution is -0.145. The SMILES string of the molecule is CCCCCCCCCCCCCCOC(=O)CCOCNc1ccc(-c2nc3n(n2)N=C(C(C)C)C3(OC(=O)OCC)N(C(=O)OC(c2ccc(OC)cc2)c2ccc(OC)cc2)c2ccc(N(CC)CC)cc2)cc1.CCN(CCNS(C)(=O)=O)c1ccc(N(C(C)=O)C2(N3CCC=N3)C(C)=Nn3nc(CCOc4ccc(C)cc4C)nc32)c(C)c1. The van der Waals surface area contributed by atoms with Crippen molar-refractivity contribution in [2.45, 2.75) is 197 Å². The number of rotatable bonds is 46. The number of aromatic nitrogens is 6. The number of benzene rings is 6. The number of carbonyl (C=O) groups excluding carboxylic acids is 4. The Morgan fingerprint density at radius 3 is 1.81 bits per heavy atom. The van der Waals surface area contributed by atoms with Gasteiger partial charge in [-0.25, -0.2) is 37.6 Å². The fourth-order valence-corrected chi connectivity index (χ4v) is 15.9. The van der Waals surface area contributed by atoms with Crippen molar-refractivity contribution in [1.82, 2.24) is 39.5 Å². The zero-order chi connectivity index (χ0) is 88.2. The molecule has 2 N–H and O–H groups in total. The number of nitrogens with zero attached hydrogens (tertiary/aromatic N) is 14. The Labute approximate surface area is 724 Å². The van der Waals surface area contributed by atoms with Crippen LogP contribution in [0.4, 0.5) is 38.0 Å². The number of likely N-dealkylation sites (N-methyl/N-ethyl adjacent to an activating group) is 1. The maximum absolute atomic E-state index is 15.7. The lowest BCUT2D eigenvalue weighted by Crippen LogP contribution is -2.61. The number of methoxy groups -OCH3 is 2. The van der Waals surface area contributed by atoms with Crippen molar-refractivity contribution in [3.05, 3.63) is 179 Å². The van der Waals surface area contributed by atoms with E-state index in [1.54, 1.807) is 62.4 Å². The Balaban J connectivity index is 0.000000292. The standard InChI is InChI=1S/C60H81N7O10.C32H43N9O4S/c1-9-13-14-15-16-17-18-19-20-21-22-23-41-75-53(68)40-42-73-43-61-48-30-24-47(25-31-48)56-62-57-60(77-59(70)74-12-4,55(44(5)6)63-67(57)64-56)66(50-34-32-49(33-35-50)65(10-2)11-3)58(69)76-54(45-26-36-51(71-7)37-27-45)46-28-38-52(72-8)39-29-46;1-8-38(18-16-34-46(7,43)44)27-11-12-28(23(3)21-27)40(26(6)42)32(39-17-9-15-33-39)25(5)36-41-31(32)35-30(37-41)14-19-45-29-13-10-22(2)20-24(29)4/h24-39,44,54,61H,9-23,40-43H2,1-8H3;10-13,15,20-21,34H,8-9,14,16-19H2,1-7H3. The van der Waals surface area contributed by atoms with Gasteiger partial charge in [0.25, 0.3) is 0 Å². The highest BCUT2D eigenvalue weighted by Gasteiger charge is 2.61. The predicted molar refractivity (Wildman–Crippen MR) is 481 cm³/mol. The topological polar surface area (TPSA) is 315 Å². The number of esters is 1. The average Bonchev–Trinajstić information content (AvgIpc) is 1.56. The molecular weight excluding hydrogens is 1590 g/mol. The lowest BCUT2D eigenvalue weighted by atomic mass is 9.94. The maximum Gasteiger partial charge on any atom is 0.511 e. The van der Waals surface area contributed by atoms with Crippen LogP contribution in [-0.4, -0.2) is 178 Å². The van der Waals surface area contributed by atoms with Crippen molar-refractivity contribution >= 4 is 80.2 Å². The lowest BCUT2D eigenvalue weighted by Gasteiger charge is -2.44.